The lowest BCUT2D eigenvalue weighted by Crippen LogP contribution is -2.45. The molecule has 0 fully saturated rings. The van der Waals surface area contributed by atoms with E-state index in [0.29, 0.717) is 11.4 Å². The summed E-state index contributed by atoms with van der Waals surface area (Å²) >= 11 is 0. The van der Waals surface area contributed by atoms with Crippen LogP contribution in [0.3, 0.4) is 0 Å². The zero-order valence-electron chi connectivity index (χ0n) is 13.5. The molecule has 0 unspecified atom stereocenters. The molecule has 0 atom stereocenters. The fourth-order valence-corrected chi connectivity index (χ4v) is 1.84. The fraction of sp³-hybridized carbons (Fsp3) is 0.625. The number of hydrogen-bond donors (Lipinski definition) is 2. The first kappa shape index (κ1) is 16.5. The minimum Gasteiger partial charge on any atom is -0.384 e. The Kier molecular flexibility index (Phi) is 4.79. The second-order valence-corrected chi connectivity index (χ2v) is 6.64. The number of anilines is 1. The van der Waals surface area contributed by atoms with E-state index < -0.39 is 0 Å². The monoisotopic (exact) mass is 277 g/mol. The van der Waals surface area contributed by atoms with Crippen LogP contribution in [-0.4, -0.2) is 16.4 Å². The molecule has 3 N–H and O–H groups in total. The Morgan fingerprint density at radius 2 is 1.75 bits per heavy atom. The van der Waals surface area contributed by atoms with Gasteiger partial charge in [0.05, 0.1) is 0 Å². The molecule has 4 heteroatoms. The van der Waals surface area contributed by atoms with Crippen LogP contribution >= 0.6 is 0 Å². The molecule has 1 heterocycles. The molecule has 0 bridgehead atoms. The number of hydrogen-bond acceptors (Lipinski definition) is 3. The highest BCUT2D eigenvalue weighted by Gasteiger charge is 2.24. The Morgan fingerprint density at radius 3 is 2.20 bits per heavy atom. The van der Waals surface area contributed by atoms with Crippen molar-refractivity contribution in [1.29, 1.82) is 0 Å². The molecule has 1 aromatic heterocycles. The Bertz CT molecular complexity index is 485. The zero-order chi connectivity index (χ0) is 15.6. The van der Waals surface area contributed by atoms with Crippen molar-refractivity contribution in [2.75, 3.05) is 5.73 Å². The second kappa shape index (κ2) is 5.81. The number of nitrogens with zero attached hydrogens (tertiary/aromatic N) is 1. The highest BCUT2D eigenvalue weighted by atomic mass is 16.1. The third-order valence-electron chi connectivity index (χ3n) is 3.85. The first-order valence-electron chi connectivity index (χ1n) is 7.22. The predicted molar refractivity (Wildman–Crippen MR) is 83.8 cm³/mol. The molecule has 0 spiro atoms. The van der Waals surface area contributed by atoms with Gasteiger partial charge < -0.3 is 11.1 Å². The molecule has 0 aliphatic rings. The third kappa shape index (κ3) is 3.95. The molecule has 1 aromatic rings. The van der Waals surface area contributed by atoms with Gasteiger partial charge in [-0.25, -0.2) is 4.98 Å². The molecule has 0 radical (unpaired) electrons. The normalized spacial score (nSPS) is 12.3. The molecule has 1 rings (SSSR count). The maximum atomic E-state index is 12.4. The van der Waals surface area contributed by atoms with Gasteiger partial charge in [0, 0.05) is 22.2 Å². The molecule has 20 heavy (non-hydrogen) atoms. The van der Waals surface area contributed by atoms with Crippen LogP contribution in [0.4, 0.5) is 5.82 Å². The van der Waals surface area contributed by atoms with Crippen molar-refractivity contribution < 1.29 is 4.79 Å². The highest BCUT2D eigenvalue weighted by molar-refractivity contribution is 5.95. The Labute approximate surface area is 122 Å². The van der Waals surface area contributed by atoms with E-state index in [2.05, 4.69) is 51.8 Å². The Balaban J connectivity index is 3.08. The average Bonchev–Trinajstić information content (AvgIpc) is 2.36. The third-order valence-corrected chi connectivity index (χ3v) is 3.85. The van der Waals surface area contributed by atoms with Gasteiger partial charge >= 0.3 is 0 Å². The van der Waals surface area contributed by atoms with Gasteiger partial charge in [0.1, 0.15) is 5.82 Å². The van der Waals surface area contributed by atoms with E-state index in [0.717, 1.165) is 18.5 Å². The zero-order valence-corrected chi connectivity index (χ0v) is 13.5. The quantitative estimate of drug-likeness (QED) is 0.887. The lowest BCUT2D eigenvalue weighted by molar-refractivity contribution is 0.0901. The van der Waals surface area contributed by atoms with Crippen molar-refractivity contribution in [3.63, 3.8) is 0 Å². The summed E-state index contributed by atoms with van der Waals surface area (Å²) < 4.78 is 0. The standard InChI is InChI=1S/C16H27N3O/c1-7-16(6,8-2)19-14(20)11-9-12(15(3,4)5)18-13(17)10-11/h9-10H,7-8H2,1-6H3,(H2,17,18)(H,19,20). The van der Waals surface area contributed by atoms with Gasteiger partial charge in [0.25, 0.3) is 5.91 Å². The van der Waals surface area contributed by atoms with Gasteiger partial charge in [-0.1, -0.05) is 34.6 Å². The number of carbonyl (C=O) groups is 1. The minimum atomic E-state index is -0.184. The number of aromatic nitrogens is 1. The van der Waals surface area contributed by atoms with E-state index in [1.54, 1.807) is 6.07 Å². The predicted octanol–water partition coefficient (Wildman–Crippen LogP) is 3.27. The summed E-state index contributed by atoms with van der Waals surface area (Å²) in [6, 6.07) is 3.47. The smallest absolute Gasteiger partial charge is 0.251 e. The van der Waals surface area contributed by atoms with Crippen LogP contribution in [0.15, 0.2) is 12.1 Å². The molecule has 112 valence electrons. The van der Waals surface area contributed by atoms with Gasteiger partial charge in [-0.2, -0.15) is 0 Å². The van der Waals surface area contributed by atoms with Crippen molar-refractivity contribution in [3.05, 3.63) is 23.4 Å². The summed E-state index contributed by atoms with van der Waals surface area (Å²) in [5, 5.41) is 3.09. The van der Waals surface area contributed by atoms with Crippen LogP contribution in [0.1, 0.15) is 70.4 Å². The van der Waals surface area contributed by atoms with Crippen LogP contribution in [0.25, 0.3) is 0 Å². The average molecular weight is 277 g/mol. The summed E-state index contributed by atoms with van der Waals surface area (Å²) in [5.41, 5.74) is 6.92. The van der Waals surface area contributed by atoms with Gasteiger partial charge in [0.15, 0.2) is 0 Å². The topological polar surface area (TPSA) is 68.0 Å². The van der Waals surface area contributed by atoms with E-state index >= 15 is 0 Å². The number of nitrogens with two attached hydrogens (primary N) is 1. The number of amides is 1. The van der Waals surface area contributed by atoms with Crippen molar-refractivity contribution in [2.45, 2.75) is 65.3 Å². The van der Waals surface area contributed by atoms with Crippen molar-refractivity contribution in [3.8, 4) is 0 Å². The number of pyridine rings is 1. The Morgan fingerprint density at radius 1 is 1.20 bits per heavy atom. The molecule has 0 saturated heterocycles. The molecule has 0 aliphatic heterocycles. The molecule has 0 saturated carbocycles. The summed E-state index contributed by atoms with van der Waals surface area (Å²) in [6.45, 7) is 12.4. The summed E-state index contributed by atoms with van der Waals surface area (Å²) in [4.78, 5) is 16.7. The van der Waals surface area contributed by atoms with Crippen LogP contribution in [0, 0.1) is 0 Å². The summed E-state index contributed by atoms with van der Waals surface area (Å²) in [7, 11) is 0. The van der Waals surface area contributed by atoms with E-state index in [1.165, 1.54) is 0 Å². The first-order valence-corrected chi connectivity index (χ1v) is 7.22. The molecule has 4 nitrogen and oxygen atoms in total. The van der Waals surface area contributed by atoms with Gasteiger partial charge in [-0.05, 0) is 31.9 Å². The second-order valence-electron chi connectivity index (χ2n) is 6.64. The molecular formula is C16H27N3O. The lowest BCUT2D eigenvalue weighted by Gasteiger charge is -2.28. The van der Waals surface area contributed by atoms with Crippen LogP contribution in [-0.2, 0) is 5.41 Å². The Hall–Kier alpha value is -1.58. The summed E-state index contributed by atoms with van der Waals surface area (Å²) in [5.74, 6) is 0.299. The van der Waals surface area contributed by atoms with Crippen molar-refractivity contribution in [1.82, 2.24) is 10.3 Å². The lowest BCUT2D eigenvalue weighted by atomic mass is 9.90. The van der Waals surface area contributed by atoms with Gasteiger partial charge in [-0.3, -0.25) is 4.79 Å². The van der Waals surface area contributed by atoms with Crippen LogP contribution in [0.2, 0.25) is 0 Å². The minimum absolute atomic E-state index is 0.0872. The van der Waals surface area contributed by atoms with Gasteiger partial charge in [0.2, 0.25) is 0 Å². The fourth-order valence-electron chi connectivity index (χ4n) is 1.84. The summed E-state index contributed by atoms with van der Waals surface area (Å²) in [6.07, 6.45) is 1.78. The number of nitrogens with one attached hydrogen (secondary N) is 1. The molecule has 0 aromatic carbocycles. The van der Waals surface area contributed by atoms with Gasteiger partial charge in [-0.15, -0.1) is 0 Å². The van der Waals surface area contributed by atoms with Crippen LogP contribution < -0.4 is 11.1 Å². The van der Waals surface area contributed by atoms with Crippen molar-refractivity contribution in [2.24, 2.45) is 0 Å². The number of nitrogen functional groups attached to an aromatic ring is 1. The number of carbonyl (C=O) groups excluding carboxylic acids is 1. The SMILES string of the molecule is CCC(C)(CC)NC(=O)c1cc(N)nc(C(C)(C)C)c1. The van der Waals surface area contributed by atoms with Crippen molar-refractivity contribution >= 4 is 11.7 Å². The largest absolute Gasteiger partial charge is 0.384 e. The highest BCUT2D eigenvalue weighted by Crippen LogP contribution is 2.23. The molecular weight excluding hydrogens is 250 g/mol. The van der Waals surface area contributed by atoms with E-state index in [-0.39, 0.29) is 16.9 Å². The molecule has 1 amide bonds. The number of rotatable bonds is 4. The maximum Gasteiger partial charge on any atom is 0.251 e. The van der Waals surface area contributed by atoms with E-state index in [4.69, 9.17) is 5.73 Å². The maximum absolute atomic E-state index is 12.4. The van der Waals surface area contributed by atoms with E-state index in [1.807, 2.05) is 6.07 Å². The molecule has 0 aliphatic carbocycles. The first-order chi connectivity index (χ1) is 9.11. The van der Waals surface area contributed by atoms with E-state index in [9.17, 15) is 4.79 Å². The van der Waals surface area contributed by atoms with Crippen LogP contribution in [0.5, 0.6) is 0 Å².